The molecule has 2 nitrogen and oxygen atoms in total. The molecule has 1 rings (SSSR count). The zero-order chi connectivity index (χ0) is 12.7. The third-order valence-corrected chi connectivity index (χ3v) is 4.12. The van der Waals surface area contributed by atoms with Gasteiger partial charge in [0.1, 0.15) is 0 Å². The molecule has 0 fully saturated rings. The average Bonchev–Trinajstić information content (AvgIpc) is 2.30. The fourth-order valence-corrected chi connectivity index (χ4v) is 2.04. The molecule has 1 aromatic carbocycles. The van der Waals surface area contributed by atoms with Gasteiger partial charge in [-0.05, 0) is 56.5 Å². The van der Waals surface area contributed by atoms with E-state index in [0.29, 0.717) is 0 Å². The molecular formula is C13H17Br2NO. The van der Waals surface area contributed by atoms with Crippen molar-refractivity contribution in [1.82, 2.24) is 5.32 Å². The molecule has 94 valence electrons. The number of rotatable bonds is 6. The van der Waals surface area contributed by atoms with Crippen molar-refractivity contribution < 1.29 is 4.74 Å². The fraction of sp³-hybridized carbons (Fsp3) is 0.385. The van der Waals surface area contributed by atoms with E-state index in [0.717, 1.165) is 28.6 Å². The van der Waals surface area contributed by atoms with Crippen LogP contribution >= 0.6 is 31.9 Å². The first kappa shape index (κ1) is 14.9. The molecule has 0 amide bonds. The fourth-order valence-electron chi connectivity index (χ4n) is 1.40. The second-order valence-electron chi connectivity index (χ2n) is 3.83. The number of nitrogens with one attached hydrogen (secondary N) is 1. The molecule has 0 aliphatic carbocycles. The van der Waals surface area contributed by atoms with Gasteiger partial charge in [0, 0.05) is 29.1 Å². The Bertz CT molecular complexity index is 391. The lowest BCUT2D eigenvalue weighted by Crippen LogP contribution is -2.20. The highest BCUT2D eigenvalue weighted by molar-refractivity contribution is 9.13. The van der Waals surface area contributed by atoms with Crippen LogP contribution in [0.15, 0.2) is 32.7 Å². The summed E-state index contributed by atoms with van der Waals surface area (Å²) >= 11 is 6.96. The highest BCUT2D eigenvalue weighted by Crippen LogP contribution is 2.24. The molecule has 1 aromatic rings. The second kappa shape index (κ2) is 8.03. The monoisotopic (exact) mass is 361 g/mol. The zero-order valence-corrected chi connectivity index (χ0v) is 13.3. The van der Waals surface area contributed by atoms with Crippen LogP contribution in [0.4, 0.5) is 0 Å². The van der Waals surface area contributed by atoms with Crippen LogP contribution < -0.4 is 5.32 Å². The van der Waals surface area contributed by atoms with Crippen LogP contribution in [0, 0.1) is 0 Å². The highest BCUT2D eigenvalue weighted by atomic mass is 79.9. The number of benzene rings is 1. The van der Waals surface area contributed by atoms with Crippen molar-refractivity contribution in [3.63, 3.8) is 0 Å². The molecule has 0 bridgehead atoms. The number of hydrogen-bond donors (Lipinski definition) is 1. The molecule has 0 unspecified atom stereocenters. The van der Waals surface area contributed by atoms with E-state index in [1.165, 1.54) is 11.1 Å². The summed E-state index contributed by atoms with van der Waals surface area (Å²) in [5.41, 5.74) is 2.50. The van der Waals surface area contributed by atoms with Crippen LogP contribution in [0.5, 0.6) is 0 Å². The van der Waals surface area contributed by atoms with Crippen LogP contribution in [0.2, 0.25) is 0 Å². The van der Waals surface area contributed by atoms with Gasteiger partial charge in [-0.2, -0.15) is 0 Å². The van der Waals surface area contributed by atoms with Crippen molar-refractivity contribution in [3.8, 4) is 0 Å². The number of halogens is 2. The smallest absolute Gasteiger partial charge is 0.0587 e. The van der Waals surface area contributed by atoms with Gasteiger partial charge < -0.3 is 10.1 Å². The second-order valence-corrected chi connectivity index (χ2v) is 5.54. The van der Waals surface area contributed by atoms with Crippen LogP contribution in [-0.4, -0.2) is 26.8 Å². The van der Waals surface area contributed by atoms with Crippen LogP contribution in [0.1, 0.15) is 12.5 Å². The summed E-state index contributed by atoms with van der Waals surface area (Å²) in [4.78, 5) is 0. The zero-order valence-electron chi connectivity index (χ0n) is 10.1. The standard InChI is InChI=1S/C13H17Br2NO/c1-10(9-16-5-6-17-2)7-11-3-4-12(14)13(15)8-11/h3-4,7-8,16H,5-6,9H2,1-2H3/b10-7+. The van der Waals surface area contributed by atoms with Gasteiger partial charge in [-0.1, -0.05) is 17.7 Å². The molecule has 0 aliphatic rings. The summed E-state index contributed by atoms with van der Waals surface area (Å²) in [6.07, 6.45) is 2.18. The molecule has 1 N–H and O–H groups in total. The molecule has 0 spiro atoms. The van der Waals surface area contributed by atoms with Gasteiger partial charge in [-0.3, -0.25) is 0 Å². The van der Waals surface area contributed by atoms with Gasteiger partial charge in [0.05, 0.1) is 6.61 Å². The van der Waals surface area contributed by atoms with Crippen LogP contribution in [0.3, 0.4) is 0 Å². The third kappa shape index (κ3) is 5.82. The SMILES string of the molecule is COCCNC/C(C)=C/c1ccc(Br)c(Br)c1. The minimum atomic E-state index is 0.747. The van der Waals surface area contributed by atoms with Crippen LogP contribution in [-0.2, 0) is 4.74 Å². The summed E-state index contributed by atoms with van der Waals surface area (Å²) in [7, 11) is 1.71. The molecule has 4 heteroatoms. The highest BCUT2D eigenvalue weighted by Gasteiger charge is 1.97. The van der Waals surface area contributed by atoms with E-state index in [2.05, 4.69) is 62.3 Å². The lowest BCUT2D eigenvalue weighted by molar-refractivity contribution is 0.200. The minimum absolute atomic E-state index is 0.747. The van der Waals surface area contributed by atoms with Crippen molar-refractivity contribution in [2.45, 2.75) is 6.92 Å². The first-order valence-electron chi connectivity index (χ1n) is 5.45. The maximum atomic E-state index is 4.98. The lowest BCUT2D eigenvalue weighted by Gasteiger charge is -2.05. The van der Waals surface area contributed by atoms with Gasteiger partial charge in [-0.15, -0.1) is 0 Å². The Morgan fingerprint density at radius 1 is 1.35 bits per heavy atom. The Kier molecular flexibility index (Phi) is 7.04. The van der Waals surface area contributed by atoms with Gasteiger partial charge in [-0.25, -0.2) is 0 Å². The van der Waals surface area contributed by atoms with E-state index in [9.17, 15) is 0 Å². The maximum absolute atomic E-state index is 4.98. The van der Waals surface area contributed by atoms with Gasteiger partial charge in [0.2, 0.25) is 0 Å². The topological polar surface area (TPSA) is 21.3 Å². The van der Waals surface area contributed by atoms with E-state index in [-0.39, 0.29) is 0 Å². The van der Waals surface area contributed by atoms with E-state index < -0.39 is 0 Å². The quantitative estimate of drug-likeness (QED) is 0.776. The molecule has 0 aromatic heterocycles. The Hall–Kier alpha value is -0.160. The molecule has 17 heavy (non-hydrogen) atoms. The van der Waals surface area contributed by atoms with Crippen LogP contribution in [0.25, 0.3) is 6.08 Å². The van der Waals surface area contributed by atoms with Crippen molar-refractivity contribution in [2.24, 2.45) is 0 Å². The largest absolute Gasteiger partial charge is 0.383 e. The van der Waals surface area contributed by atoms with E-state index >= 15 is 0 Å². The number of ether oxygens (including phenoxy) is 1. The molecule has 0 atom stereocenters. The third-order valence-electron chi connectivity index (χ3n) is 2.24. The summed E-state index contributed by atoms with van der Waals surface area (Å²) in [6.45, 7) is 4.63. The van der Waals surface area contributed by atoms with Gasteiger partial charge in [0.25, 0.3) is 0 Å². The van der Waals surface area contributed by atoms with Gasteiger partial charge in [0.15, 0.2) is 0 Å². The molecule has 0 saturated heterocycles. The summed E-state index contributed by atoms with van der Waals surface area (Å²) in [6, 6.07) is 6.23. The van der Waals surface area contributed by atoms with E-state index in [1.54, 1.807) is 7.11 Å². The molecule has 0 aliphatic heterocycles. The maximum Gasteiger partial charge on any atom is 0.0587 e. The predicted octanol–water partition coefficient (Wildman–Crippen LogP) is 3.85. The van der Waals surface area contributed by atoms with Crippen molar-refractivity contribution >= 4 is 37.9 Å². The van der Waals surface area contributed by atoms with E-state index in [1.807, 2.05) is 6.07 Å². The first-order chi connectivity index (χ1) is 8.13. The molecule has 0 saturated carbocycles. The average molecular weight is 363 g/mol. The Morgan fingerprint density at radius 2 is 2.12 bits per heavy atom. The summed E-state index contributed by atoms with van der Waals surface area (Å²) < 4.78 is 7.13. The minimum Gasteiger partial charge on any atom is -0.383 e. The normalized spacial score (nSPS) is 11.9. The first-order valence-corrected chi connectivity index (χ1v) is 7.04. The number of methoxy groups -OCH3 is 1. The summed E-state index contributed by atoms with van der Waals surface area (Å²) in [5.74, 6) is 0. The van der Waals surface area contributed by atoms with Crippen molar-refractivity contribution in [2.75, 3.05) is 26.8 Å². The molecular weight excluding hydrogens is 346 g/mol. The van der Waals surface area contributed by atoms with Crippen molar-refractivity contribution in [3.05, 3.63) is 38.3 Å². The Morgan fingerprint density at radius 3 is 2.76 bits per heavy atom. The molecule has 0 radical (unpaired) electrons. The number of hydrogen-bond acceptors (Lipinski definition) is 2. The summed E-state index contributed by atoms with van der Waals surface area (Å²) in [5, 5.41) is 3.32. The Labute approximate surface area is 120 Å². The van der Waals surface area contributed by atoms with Gasteiger partial charge >= 0.3 is 0 Å². The lowest BCUT2D eigenvalue weighted by atomic mass is 10.1. The Balaban J connectivity index is 2.52. The molecule has 0 heterocycles. The van der Waals surface area contributed by atoms with Crippen molar-refractivity contribution in [1.29, 1.82) is 0 Å². The van der Waals surface area contributed by atoms with E-state index in [4.69, 9.17) is 4.74 Å². The predicted molar refractivity (Wildman–Crippen MR) is 80.2 cm³/mol.